The molecule has 0 aromatic carbocycles. The van der Waals surface area contributed by atoms with E-state index in [1.807, 2.05) is 0 Å². The molecule has 0 aromatic heterocycles. The third-order valence-corrected chi connectivity index (χ3v) is 4.94. The van der Waals surface area contributed by atoms with Crippen LogP contribution in [0, 0.1) is 16.7 Å². The van der Waals surface area contributed by atoms with Crippen LogP contribution >= 0.6 is 0 Å². The van der Waals surface area contributed by atoms with Crippen LogP contribution in [-0.2, 0) is 0 Å². The van der Waals surface area contributed by atoms with Gasteiger partial charge >= 0.3 is 0 Å². The first kappa shape index (κ1) is 11.4. The smallest absolute Gasteiger partial charge is 0.0125 e. The maximum Gasteiger partial charge on any atom is 0.0125 e. The highest BCUT2D eigenvalue weighted by molar-refractivity contribution is 5.12. The average molecular weight is 209 g/mol. The van der Waals surface area contributed by atoms with Crippen molar-refractivity contribution in [1.82, 2.24) is 4.90 Å². The predicted molar refractivity (Wildman–Crippen MR) is 65.9 cm³/mol. The van der Waals surface area contributed by atoms with Gasteiger partial charge in [0, 0.05) is 12.1 Å². The molecule has 2 fully saturated rings. The minimum absolute atomic E-state index is 0.368. The summed E-state index contributed by atoms with van der Waals surface area (Å²) >= 11 is 0. The Hall–Kier alpha value is -0.0400. The summed E-state index contributed by atoms with van der Waals surface area (Å²) in [6.45, 7) is 17.0. The molecule has 1 unspecified atom stereocenters. The third kappa shape index (κ3) is 1.73. The number of likely N-dealkylation sites (tertiary alicyclic amines) is 1. The summed E-state index contributed by atoms with van der Waals surface area (Å²) in [5.74, 6) is 0.977. The lowest BCUT2D eigenvalue weighted by Gasteiger charge is -2.44. The highest BCUT2D eigenvalue weighted by Gasteiger charge is 2.62. The van der Waals surface area contributed by atoms with E-state index in [2.05, 4.69) is 46.4 Å². The second kappa shape index (κ2) is 3.00. The summed E-state index contributed by atoms with van der Waals surface area (Å²) in [5, 5.41) is 0. The summed E-state index contributed by atoms with van der Waals surface area (Å²) < 4.78 is 0. The Labute approximate surface area is 95.2 Å². The van der Waals surface area contributed by atoms with Crippen molar-refractivity contribution in [2.24, 2.45) is 16.7 Å². The van der Waals surface area contributed by atoms with Gasteiger partial charge in [-0.3, -0.25) is 4.90 Å². The second-order valence-corrected chi connectivity index (χ2v) is 7.67. The lowest BCUT2D eigenvalue weighted by Crippen LogP contribution is -2.48. The molecule has 1 aliphatic heterocycles. The van der Waals surface area contributed by atoms with E-state index in [9.17, 15) is 0 Å². The fourth-order valence-corrected chi connectivity index (χ4v) is 3.52. The first-order valence-corrected chi connectivity index (χ1v) is 6.42. The molecule has 1 heteroatoms. The van der Waals surface area contributed by atoms with Crippen LogP contribution in [0.2, 0.25) is 0 Å². The molecule has 2 rings (SSSR count). The van der Waals surface area contributed by atoms with Crippen LogP contribution in [0.5, 0.6) is 0 Å². The fraction of sp³-hybridized carbons (Fsp3) is 1.00. The molecule has 2 aliphatic rings. The van der Waals surface area contributed by atoms with Crippen LogP contribution < -0.4 is 0 Å². The van der Waals surface area contributed by atoms with E-state index >= 15 is 0 Å². The van der Waals surface area contributed by atoms with Gasteiger partial charge in [-0.2, -0.15) is 0 Å². The number of piperidine rings is 1. The Morgan fingerprint density at radius 2 is 1.67 bits per heavy atom. The first-order valence-electron chi connectivity index (χ1n) is 6.42. The molecule has 0 radical (unpaired) electrons. The Balaban J connectivity index is 2.04. The van der Waals surface area contributed by atoms with E-state index in [0.29, 0.717) is 16.4 Å². The number of fused-ring (bicyclic) bond motifs is 1. The van der Waals surface area contributed by atoms with Crippen LogP contribution in [0.3, 0.4) is 0 Å². The van der Waals surface area contributed by atoms with Crippen LogP contribution in [0.25, 0.3) is 0 Å². The molecule has 1 heterocycles. The molecule has 1 nitrogen and oxygen atoms in total. The zero-order chi connectivity index (χ0) is 11.5. The number of hydrogen-bond donors (Lipinski definition) is 0. The topological polar surface area (TPSA) is 3.24 Å². The van der Waals surface area contributed by atoms with Gasteiger partial charge in [0.15, 0.2) is 0 Å². The molecule has 0 amide bonds. The van der Waals surface area contributed by atoms with E-state index in [1.54, 1.807) is 0 Å². The van der Waals surface area contributed by atoms with Crippen molar-refractivity contribution in [2.75, 3.05) is 13.1 Å². The second-order valence-electron chi connectivity index (χ2n) is 7.67. The van der Waals surface area contributed by atoms with Crippen molar-refractivity contribution in [1.29, 1.82) is 0 Å². The highest BCUT2D eigenvalue weighted by atomic mass is 15.2. The summed E-state index contributed by atoms with van der Waals surface area (Å²) in [6.07, 6.45) is 2.89. The standard InChI is InChI=1S/C14H27N/c1-12(2,3)14-7-8-15(13(4,5)6)10-11(14)9-14/h11H,7-10H2,1-6H3/t11?,14-/m0/s1. The van der Waals surface area contributed by atoms with Gasteiger partial charge in [-0.1, -0.05) is 20.8 Å². The van der Waals surface area contributed by atoms with E-state index in [1.165, 1.54) is 25.9 Å². The molecule has 15 heavy (non-hydrogen) atoms. The van der Waals surface area contributed by atoms with Crippen molar-refractivity contribution in [3.63, 3.8) is 0 Å². The Kier molecular flexibility index (Phi) is 2.29. The van der Waals surface area contributed by atoms with Crippen molar-refractivity contribution >= 4 is 0 Å². The van der Waals surface area contributed by atoms with Gasteiger partial charge in [-0.25, -0.2) is 0 Å². The molecule has 1 saturated carbocycles. The molecule has 0 N–H and O–H groups in total. The molecule has 1 saturated heterocycles. The van der Waals surface area contributed by atoms with E-state index in [-0.39, 0.29) is 0 Å². The fourth-order valence-electron chi connectivity index (χ4n) is 3.52. The quantitative estimate of drug-likeness (QED) is 0.590. The average Bonchev–Trinajstić information content (AvgIpc) is 2.74. The molecule has 88 valence electrons. The van der Waals surface area contributed by atoms with Crippen LogP contribution in [0.15, 0.2) is 0 Å². The van der Waals surface area contributed by atoms with Gasteiger partial charge in [0.05, 0.1) is 0 Å². The number of hydrogen-bond acceptors (Lipinski definition) is 1. The van der Waals surface area contributed by atoms with Crippen molar-refractivity contribution < 1.29 is 0 Å². The monoisotopic (exact) mass is 209 g/mol. The van der Waals surface area contributed by atoms with Gasteiger partial charge in [0.25, 0.3) is 0 Å². The molecular formula is C14H27N. The summed E-state index contributed by atoms with van der Waals surface area (Å²) in [4.78, 5) is 2.68. The van der Waals surface area contributed by atoms with Gasteiger partial charge in [-0.05, 0) is 56.9 Å². The largest absolute Gasteiger partial charge is 0.298 e. The molecule has 0 spiro atoms. The summed E-state index contributed by atoms with van der Waals surface area (Å²) in [6, 6.07) is 0. The Bertz CT molecular complexity index is 255. The van der Waals surface area contributed by atoms with Gasteiger partial charge in [0.2, 0.25) is 0 Å². The molecule has 0 bridgehead atoms. The van der Waals surface area contributed by atoms with Crippen LogP contribution in [0.1, 0.15) is 54.4 Å². The van der Waals surface area contributed by atoms with E-state index < -0.39 is 0 Å². The zero-order valence-corrected chi connectivity index (χ0v) is 11.4. The summed E-state index contributed by atoms with van der Waals surface area (Å²) in [5.41, 5.74) is 1.57. The minimum atomic E-state index is 0.368. The van der Waals surface area contributed by atoms with Gasteiger partial charge in [-0.15, -0.1) is 0 Å². The lowest BCUT2D eigenvalue weighted by atomic mass is 9.72. The van der Waals surface area contributed by atoms with E-state index in [0.717, 1.165) is 5.92 Å². The van der Waals surface area contributed by atoms with Crippen LogP contribution in [0.4, 0.5) is 0 Å². The molecule has 1 aliphatic carbocycles. The SMILES string of the molecule is CC(C)(C)N1CC[C@]2(C(C)(C)C)CC2C1. The Morgan fingerprint density at radius 1 is 1.07 bits per heavy atom. The zero-order valence-electron chi connectivity index (χ0n) is 11.4. The van der Waals surface area contributed by atoms with Crippen molar-refractivity contribution in [3.05, 3.63) is 0 Å². The molecular weight excluding hydrogens is 182 g/mol. The number of rotatable bonds is 0. The lowest BCUT2D eigenvalue weighted by molar-refractivity contribution is 0.0450. The van der Waals surface area contributed by atoms with Crippen molar-refractivity contribution in [3.8, 4) is 0 Å². The molecule has 2 atom stereocenters. The normalized spacial score (nSPS) is 37.6. The first-order chi connectivity index (χ1) is 6.67. The maximum absolute atomic E-state index is 2.68. The van der Waals surface area contributed by atoms with E-state index in [4.69, 9.17) is 0 Å². The summed E-state index contributed by atoms with van der Waals surface area (Å²) in [7, 11) is 0. The third-order valence-electron chi connectivity index (χ3n) is 4.94. The predicted octanol–water partition coefficient (Wildman–Crippen LogP) is 3.54. The van der Waals surface area contributed by atoms with Gasteiger partial charge < -0.3 is 0 Å². The van der Waals surface area contributed by atoms with Crippen LogP contribution in [-0.4, -0.2) is 23.5 Å². The van der Waals surface area contributed by atoms with Crippen molar-refractivity contribution in [2.45, 2.75) is 59.9 Å². The van der Waals surface area contributed by atoms with Gasteiger partial charge in [0.1, 0.15) is 0 Å². The molecule has 0 aromatic rings. The maximum atomic E-state index is 2.68. The minimum Gasteiger partial charge on any atom is -0.298 e. The number of nitrogens with zero attached hydrogens (tertiary/aromatic N) is 1. The highest BCUT2D eigenvalue weighted by Crippen LogP contribution is 2.67. The Morgan fingerprint density at radius 3 is 2.07 bits per heavy atom.